The van der Waals surface area contributed by atoms with E-state index >= 15 is 0 Å². The molecule has 21 heavy (non-hydrogen) atoms. The molecule has 0 aliphatic rings. The van der Waals surface area contributed by atoms with E-state index in [4.69, 9.17) is 0 Å². The van der Waals surface area contributed by atoms with Gasteiger partial charge in [0.25, 0.3) is 0 Å². The second kappa shape index (κ2) is 4.74. The first kappa shape index (κ1) is 12.2. The van der Waals surface area contributed by atoms with E-state index in [9.17, 15) is 4.39 Å². The van der Waals surface area contributed by atoms with Crippen LogP contribution in [0.5, 0.6) is 0 Å². The fourth-order valence-corrected chi connectivity index (χ4v) is 2.91. The van der Waals surface area contributed by atoms with Crippen molar-refractivity contribution in [1.29, 1.82) is 0 Å². The normalized spacial score (nSPS) is 11.3. The Hall–Kier alpha value is -2.61. The molecule has 102 valence electrons. The fourth-order valence-electron chi connectivity index (χ4n) is 2.91. The first-order valence-electron chi connectivity index (χ1n) is 7.02. The van der Waals surface area contributed by atoms with Gasteiger partial charge in [0.05, 0.1) is 5.52 Å². The van der Waals surface area contributed by atoms with Gasteiger partial charge in [-0.3, -0.25) is 0 Å². The number of halogens is 1. The van der Waals surface area contributed by atoms with Crippen molar-refractivity contribution >= 4 is 21.7 Å². The van der Waals surface area contributed by atoms with Gasteiger partial charge in [0.15, 0.2) is 0 Å². The highest BCUT2D eigenvalue weighted by atomic mass is 19.1. The second-order valence-corrected chi connectivity index (χ2v) is 5.29. The van der Waals surface area contributed by atoms with Crippen molar-refractivity contribution in [2.75, 3.05) is 0 Å². The van der Waals surface area contributed by atoms with Gasteiger partial charge in [-0.25, -0.2) is 4.39 Å². The number of aromatic nitrogens is 1. The van der Waals surface area contributed by atoms with Gasteiger partial charge >= 0.3 is 0 Å². The minimum atomic E-state index is -0.194. The quantitative estimate of drug-likeness (QED) is 0.486. The molecule has 0 amide bonds. The number of nitrogens with zero attached hydrogens (tertiary/aromatic N) is 1. The molecule has 0 fully saturated rings. The molecule has 4 aromatic rings. The Morgan fingerprint density at radius 3 is 2.62 bits per heavy atom. The number of rotatable bonds is 2. The molecule has 4 rings (SSSR count). The van der Waals surface area contributed by atoms with Crippen LogP contribution in [0.15, 0.2) is 72.9 Å². The van der Waals surface area contributed by atoms with Gasteiger partial charge in [-0.1, -0.05) is 42.5 Å². The summed E-state index contributed by atoms with van der Waals surface area (Å²) in [4.78, 5) is 0. The van der Waals surface area contributed by atoms with Crippen LogP contribution in [0.4, 0.5) is 4.39 Å². The third-order valence-electron chi connectivity index (χ3n) is 3.96. The molecule has 0 saturated carbocycles. The lowest BCUT2D eigenvalue weighted by molar-refractivity contribution is 0.628. The van der Waals surface area contributed by atoms with Crippen LogP contribution in [-0.4, -0.2) is 4.57 Å². The molecular weight excluding hydrogens is 261 g/mol. The Bertz CT molecular complexity index is 931. The average Bonchev–Trinajstić information content (AvgIpc) is 2.90. The maximum Gasteiger partial charge on any atom is 0.125 e. The highest BCUT2D eigenvalue weighted by molar-refractivity contribution is 5.86. The summed E-state index contributed by atoms with van der Waals surface area (Å²) in [6, 6.07) is 21.6. The van der Waals surface area contributed by atoms with Crippen LogP contribution in [-0.2, 0) is 6.54 Å². The molecule has 0 spiro atoms. The van der Waals surface area contributed by atoms with Gasteiger partial charge in [0.2, 0.25) is 0 Å². The molecule has 1 nitrogen and oxygen atoms in total. The zero-order valence-electron chi connectivity index (χ0n) is 11.5. The van der Waals surface area contributed by atoms with Gasteiger partial charge in [0, 0.05) is 12.7 Å². The van der Waals surface area contributed by atoms with Crippen LogP contribution < -0.4 is 0 Å². The van der Waals surface area contributed by atoms with E-state index in [1.54, 1.807) is 6.07 Å². The predicted octanol–water partition coefficient (Wildman–Crippen LogP) is 4.98. The summed E-state index contributed by atoms with van der Waals surface area (Å²) in [7, 11) is 0. The van der Waals surface area contributed by atoms with Crippen LogP contribution in [0.3, 0.4) is 0 Å². The van der Waals surface area contributed by atoms with Gasteiger partial charge in [-0.15, -0.1) is 0 Å². The third kappa shape index (κ3) is 2.09. The molecule has 1 heterocycles. The SMILES string of the molecule is Fc1ccc2ccn(Cc3cccc4ccccc34)c2c1. The summed E-state index contributed by atoms with van der Waals surface area (Å²) in [5, 5.41) is 3.55. The molecule has 0 atom stereocenters. The van der Waals surface area contributed by atoms with E-state index in [0.29, 0.717) is 0 Å². The summed E-state index contributed by atoms with van der Waals surface area (Å²) < 4.78 is 15.6. The van der Waals surface area contributed by atoms with Crippen molar-refractivity contribution in [3.8, 4) is 0 Å². The molecule has 0 N–H and O–H groups in total. The third-order valence-corrected chi connectivity index (χ3v) is 3.96. The van der Waals surface area contributed by atoms with Crippen molar-refractivity contribution in [2.45, 2.75) is 6.54 Å². The van der Waals surface area contributed by atoms with E-state index in [1.807, 2.05) is 24.4 Å². The maximum absolute atomic E-state index is 13.5. The number of hydrogen-bond donors (Lipinski definition) is 0. The molecule has 0 saturated heterocycles. The lowest BCUT2D eigenvalue weighted by Crippen LogP contribution is -1.98. The first-order chi connectivity index (χ1) is 10.3. The lowest BCUT2D eigenvalue weighted by Gasteiger charge is -2.09. The van der Waals surface area contributed by atoms with Crippen molar-refractivity contribution in [3.05, 3.63) is 84.3 Å². The molecule has 0 bridgehead atoms. The summed E-state index contributed by atoms with van der Waals surface area (Å²) in [6.07, 6.45) is 2.02. The van der Waals surface area contributed by atoms with E-state index in [-0.39, 0.29) is 5.82 Å². The van der Waals surface area contributed by atoms with Crippen LogP contribution in [0, 0.1) is 5.82 Å². The topological polar surface area (TPSA) is 4.93 Å². The van der Waals surface area contributed by atoms with Crippen molar-refractivity contribution in [3.63, 3.8) is 0 Å². The Morgan fingerprint density at radius 2 is 1.67 bits per heavy atom. The van der Waals surface area contributed by atoms with Crippen LogP contribution in [0.1, 0.15) is 5.56 Å². The van der Waals surface area contributed by atoms with Crippen molar-refractivity contribution in [2.24, 2.45) is 0 Å². The molecular formula is C19H14FN. The van der Waals surface area contributed by atoms with Crippen LogP contribution >= 0.6 is 0 Å². The minimum absolute atomic E-state index is 0.194. The van der Waals surface area contributed by atoms with E-state index < -0.39 is 0 Å². The standard InChI is InChI=1S/C19H14FN/c20-17-9-8-15-10-11-21(19(15)12-17)13-16-6-3-5-14-4-1-2-7-18(14)16/h1-12H,13H2. The summed E-state index contributed by atoms with van der Waals surface area (Å²) in [5.41, 5.74) is 2.18. The molecule has 0 unspecified atom stereocenters. The zero-order valence-corrected chi connectivity index (χ0v) is 11.5. The molecule has 0 radical (unpaired) electrons. The largest absolute Gasteiger partial charge is 0.343 e. The molecule has 0 aliphatic carbocycles. The first-order valence-corrected chi connectivity index (χ1v) is 7.02. The highest BCUT2D eigenvalue weighted by Gasteiger charge is 2.05. The van der Waals surface area contributed by atoms with E-state index in [2.05, 4.69) is 41.0 Å². The van der Waals surface area contributed by atoms with Crippen molar-refractivity contribution < 1.29 is 4.39 Å². The van der Waals surface area contributed by atoms with Gasteiger partial charge in [-0.05, 0) is 46.0 Å². The number of fused-ring (bicyclic) bond motifs is 2. The Kier molecular flexibility index (Phi) is 2.74. The Morgan fingerprint density at radius 1 is 0.810 bits per heavy atom. The molecule has 2 heteroatoms. The van der Waals surface area contributed by atoms with Gasteiger partial charge < -0.3 is 4.57 Å². The van der Waals surface area contributed by atoms with Crippen LogP contribution in [0.25, 0.3) is 21.7 Å². The average molecular weight is 275 g/mol. The summed E-state index contributed by atoms with van der Waals surface area (Å²) >= 11 is 0. The summed E-state index contributed by atoms with van der Waals surface area (Å²) in [5.74, 6) is -0.194. The zero-order chi connectivity index (χ0) is 14.2. The monoisotopic (exact) mass is 275 g/mol. The number of benzene rings is 3. The number of hydrogen-bond acceptors (Lipinski definition) is 0. The molecule has 1 aromatic heterocycles. The molecule has 0 aliphatic heterocycles. The maximum atomic E-state index is 13.5. The van der Waals surface area contributed by atoms with Crippen molar-refractivity contribution in [1.82, 2.24) is 4.57 Å². The molecule has 3 aromatic carbocycles. The lowest BCUT2D eigenvalue weighted by atomic mass is 10.0. The van der Waals surface area contributed by atoms with Crippen LogP contribution in [0.2, 0.25) is 0 Å². The fraction of sp³-hybridized carbons (Fsp3) is 0.0526. The smallest absolute Gasteiger partial charge is 0.125 e. The predicted molar refractivity (Wildman–Crippen MR) is 84.9 cm³/mol. The van der Waals surface area contributed by atoms with E-state index in [0.717, 1.165) is 17.4 Å². The summed E-state index contributed by atoms with van der Waals surface area (Å²) in [6.45, 7) is 0.744. The van der Waals surface area contributed by atoms with E-state index in [1.165, 1.54) is 22.4 Å². The van der Waals surface area contributed by atoms with Gasteiger partial charge in [-0.2, -0.15) is 0 Å². The Labute approximate surface area is 122 Å². The van der Waals surface area contributed by atoms with Gasteiger partial charge in [0.1, 0.15) is 5.82 Å². The second-order valence-electron chi connectivity index (χ2n) is 5.29. The Balaban J connectivity index is 1.85. The highest BCUT2D eigenvalue weighted by Crippen LogP contribution is 2.22. The minimum Gasteiger partial charge on any atom is -0.343 e.